The fourth-order valence-corrected chi connectivity index (χ4v) is 1.78. The van der Waals surface area contributed by atoms with Gasteiger partial charge in [0.1, 0.15) is 6.04 Å². The van der Waals surface area contributed by atoms with Crippen molar-refractivity contribution in [3.8, 4) is 0 Å². The predicted molar refractivity (Wildman–Crippen MR) is 66.8 cm³/mol. The predicted octanol–water partition coefficient (Wildman–Crippen LogP) is 0.744. The van der Waals surface area contributed by atoms with Gasteiger partial charge in [-0.05, 0) is 18.8 Å². The van der Waals surface area contributed by atoms with Crippen molar-refractivity contribution in [2.24, 2.45) is 5.92 Å². The number of amides is 2. The molecule has 7 heteroatoms. The molecule has 0 aliphatic heterocycles. The number of rotatable bonds is 7. The Hall–Kier alpha value is -1.79. The molecule has 108 valence electrons. The van der Waals surface area contributed by atoms with E-state index in [2.05, 4.69) is 5.32 Å². The van der Waals surface area contributed by atoms with Gasteiger partial charge in [-0.1, -0.05) is 13.8 Å². The molecule has 0 aromatic heterocycles. The summed E-state index contributed by atoms with van der Waals surface area (Å²) in [6.07, 6.45) is 1.20. The van der Waals surface area contributed by atoms with E-state index in [1.54, 1.807) is 4.90 Å². The molecule has 0 radical (unpaired) electrons. The summed E-state index contributed by atoms with van der Waals surface area (Å²) in [6.45, 7) is 4.47. The van der Waals surface area contributed by atoms with Gasteiger partial charge >= 0.3 is 18.0 Å². The fourth-order valence-electron chi connectivity index (χ4n) is 1.78. The van der Waals surface area contributed by atoms with Gasteiger partial charge in [0.05, 0.1) is 6.42 Å². The van der Waals surface area contributed by atoms with Crippen LogP contribution in [0.15, 0.2) is 0 Å². The number of carboxylic acid groups (broad SMARTS) is 2. The fraction of sp³-hybridized carbons (Fsp3) is 0.750. The van der Waals surface area contributed by atoms with Crippen molar-refractivity contribution >= 4 is 18.0 Å². The first kappa shape index (κ1) is 15.3. The zero-order valence-corrected chi connectivity index (χ0v) is 11.1. The molecule has 0 spiro atoms. The van der Waals surface area contributed by atoms with Gasteiger partial charge in [-0.25, -0.2) is 9.59 Å². The molecule has 1 fully saturated rings. The highest BCUT2D eigenvalue weighted by Gasteiger charge is 2.34. The lowest BCUT2D eigenvalue weighted by Gasteiger charge is -2.26. The maximum atomic E-state index is 12.0. The van der Waals surface area contributed by atoms with Crippen LogP contribution in [-0.4, -0.2) is 51.7 Å². The van der Waals surface area contributed by atoms with E-state index in [9.17, 15) is 14.4 Å². The smallest absolute Gasteiger partial charge is 0.326 e. The van der Waals surface area contributed by atoms with Gasteiger partial charge in [0.15, 0.2) is 0 Å². The minimum atomic E-state index is -1.39. The van der Waals surface area contributed by atoms with Crippen molar-refractivity contribution in [1.29, 1.82) is 0 Å². The summed E-state index contributed by atoms with van der Waals surface area (Å²) in [4.78, 5) is 35.1. The Kier molecular flexibility index (Phi) is 5.14. The molecule has 2 amide bonds. The van der Waals surface area contributed by atoms with E-state index < -0.39 is 30.4 Å². The molecule has 0 unspecified atom stereocenters. The van der Waals surface area contributed by atoms with Crippen LogP contribution in [0.1, 0.15) is 33.1 Å². The summed E-state index contributed by atoms with van der Waals surface area (Å²) in [5, 5.41) is 19.8. The van der Waals surface area contributed by atoms with E-state index >= 15 is 0 Å². The Bertz CT molecular complexity index is 365. The minimum absolute atomic E-state index is 0.154. The third kappa shape index (κ3) is 5.15. The van der Waals surface area contributed by atoms with E-state index in [0.717, 1.165) is 12.8 Å². The molecule has 1 aliphatic carbocycles. The van der Waals surface area contributed by atoms with Gasteiger partial charge in [-0.2, -0.15) is 0 Å². The number of urea groups is 1. The highest BCUT2D eigenvalue weighted by molar-refractivity contribution is 5.86. The van der Waals surface area contributed by atoms with Crippen LogP contribution in [-0.2, 0) is 9.59 Å². The van der Waals surface area contributed by atoms with Crippen LogP contribution in [0.5, 0.6) is 0 Å². The van der Waals surface area contributed by atoms with Gasteiger partial charge < -0.3 is 20.4 Å². The molecule has 0 bridgehead atoms. The van der Waals surface area contributed by atoms with Crippen LogP contribution in [0.4, 0.5) is 4.79 Å². The Morgan fingerprint density at radius 2 is 1.84 bits per heavy atom. The summed E-state index contributed by atoms with van der Waals surface area (Å²) in [6, 6.07) is -1.73. The molecule has 7 nitrogen and oxygen atoms in total. The van der Waals surface area contributed by atoms with Gasteiger partial charge in [0.25, 0.3) is 0 Å². The number of carboxylic acids is 2. The van der Waals surface area contributed by atoms with Crippen molar-refractivity contribution in [3.05, 3.63) is 0 Å². The molecular weight excluding hydrogens is 252 g/mol. The average molecular weight is 272 g/mol. The summed E-state index contributed by atoms with van der Waals surface area (Å²) < 4.78 is 0. The molecule has 0 aromatic carbocycles. The maximum Gasteiger partial charge on any atom is 0.326 e. The number of aliphatic carboxylic acids is 2. The second-order valence-corrected chi connectivity index (χ2v) is 5.22. The average Bonchev–Trinajstić information content (AvgIpc) is 3.07. The van der Waals surface area contributed by atoms with Crippen LogP contribution in [0.3, 0.4) is 0 Å². The number of nitrogens with one attached hydrogen (secondary N) is 1. The number of hydrogen-bond acceptors (Lipinski definition) is 3. The van der Waals surface area contributed by atoms with E-state index in [-0.39, 0.29) is 12.0 Å². The quantitative estimate of drug-likeness (QED) is 0.633. The summed E-state index contributed by atoms with van der Waals surface area (Å²) in [5.41, 5.74) is 0. The lowest BCUT2D eigenvalue weighted by atomic mass is 10.2. The Labute approximate surface area is 111 Å². The second kappa shape index (κ2) is 6.40. The van der Waals surface area contributed by atoms with Crippen molar-refractivity contribution in [2.75, 3.05) is 6.54 Å². The van der Waals surface area contributed by atoms with Crippen molar-refractivity contribution < 1.29 is 24.6 Å². The van der Waals surface area contributed by atoms with Crippen molar-refractivity contribution in [2.45, 2.75) is 45.2 Å². The van der Waals surface area contributed by atoms with Crippen LogP contribution in [0.25, 0.3) is 0 Å². The third-order valence-electron chi connectivity index (χ3n) is 2.78. The highest BCUT2D eigenvalue weighted by Crippen LogP contribution is 2.27. The molecule has 0 saturated heterocycles. The molecule has 1 atom stereocenters. The molecule has 1 rings (SSSR count). The highest BCUT2D eigenvalue weighted by atomic mass is 16.4. The first-order valence-electron chi connectivity index (χ1n) is 6.33. The SMILES string of the molecule is CC(C)CN(C(=O)N[C@H](CC(=O)O)C(=O)O)C1CC1. The van der Waals surface area contributed by atoms with Crippen molar-refractivity contribution in [1.82, 2.24) is 10.2 Å². The molecule has 0 aromatic rings. The molecule has 0 heterocycles. The van der Waals surface area contributed by atoms with E-state index in [0.29, 0.717) is 6.54 Å². The first-order valence-corrected chi connectivity index (χ1v) is 6.33. The van der Waals surface area contributed by atoms with Crippen LogP contribution >= 0.6 is 0 Å². The summed E-state index contributed by atoms with van der Waals surface area (Å²) in [7, 11) is 0. The minimum Gasteiger partial charge on any atom is -0.481 e. The van der Waals surface area contributed by atoms with Gasteiger partial charge in [0, 0.05) is 12.6 Å². The van der Waals surface area contributed by atoms with Crippen LogP contribution in [0, 0.1) is 5.92 Å². The number of nitrogens with zero attached hydrogens (tertiary/aromatic N) is 1. The van der Waals surface area contributed by atoms with E-state index in [1.807, 2.05) is 13.8 Å². The second-order valence-electron chi connectivity index (χ2n) is 5.22. The Morgan fingerprint density at radius 1 is 1.26 bits per heavy atom. The van der Waals surface area contributed by atoms with Crippen molar-refractivity contribution in [3.63, 3.8) is 0 Å². The Morgan fingerprint density at radius 3 is 2.21 bits per heavy atom. The van der Waals surface area contributed by atoms with Gasteiger partial charge in [-0.3, -0.25) is 4.79 Å². The normalized spacial score (nSPS) is 15.9. The zero-order valence-electron chi connectivity index (χ0n) is 11.1. The first-order chi connectivity index (χ1) is 8.81. The maximum absolute atomic E-state index is 12.0. The number of carbonyl (C=O) groups excluding carboxylic acids is 1. The summed E-state index contributed by atoms with van der Waals surface area (Å²) in [5.74, 6) is -2.32. The molecule has 1 saturated carbocycles. The number of carbonyl (C=O) groups is 3. The van der Waals surface area contributed by atoms with Crippen LogP contribution < -0.4 is 5.32 Å². The largest absolute Gasteiger partial charge is 0.481 e. The lowest BCUT2D eigenvalue weighted by Crippen LogP contribution is -2.50. The zero-order chi connectivity index (χ0) is 14.6. The molecule has 3 N–H and O–H groups in total. The lowest BCUT2D eigenvalue weighted by molar-refractivity contribution is -0.145. The summed E-state index contributed by atoms with van der Waals surface area (Å²) >= 11 is 0. The standard InChI is InChI=1S/C12H20N2O5/c1-7(2)6-14(8-3-4-8)12(19)13-9(11(17)18)5-10(15)16/h7-9H,3-6H2,1-2H3,(H,13,19)(H,15,16)(H,17,18)/t9-/m1/s1. The molecule has 19 heavy (non-hydrogen) atoms. The third-order valence-corrected chi connectivity index (χ3v) is 2.78. The number of hydrogen-bond donors (Lipinski definition) is 3. The van der Waals surface area contributed by atoms with Gasteiger partial charge in [-0.15, -0.1) is 0 Å². The van der Waals surface area contributed by atoms with Crippen LogP contribution in [0.2, 0.25) is 0 Å². The molecule has 1 aliphatic rings. The Balaban J connectivity index is 2.62. The monoisotopic (exact) mass is 272 g/mol. The van der Waals surface area contributed by atoms with E-state index in [1.165, 1.54) is 0 Å². The van der Waals surface area contributed by atoms with E-state index in [4.69, 9.17) is 10.2 Å². The van der Waals surface area contributed by atoms with Gasteiger partial charge in [0.2, 0.25) is 0 Å². The molecular formula is C12H20N2O5. The topological polar surface area (TPSA) is 107 Å².